The first-order valence-electron chi connectivity index (χ1n) is 7.00. The number of halogens is 1. The van der Waals surface area contributed by atoms with Crippen molar-refractivity contribution in [1.82, 2.24) is 10.3 Å². The molecule has 0 saturated heterocycles. The number of rotatable bonds is 4. The molecule has 1 fully saturated rings. The van der Waals surface area contributed by atoms with Crippen LogP contribution < -0.4 is 5.32 Å². The summed E-state index contributed by atoms with van der Waals surface area (Å²) < 4.78 is 0. The molecule has 2 unspecified atom stereocenters. The average molecular weight is 313 g/mol. The summed E-state index contributed by atoms with van der Waals surface area (Å²) in [4.78, 5) is 16.6. The van der Waals surface area contributed by atoms with Crippen molar-refractivity contribution in [1.29, 1.82) is 0 Å². The van der Waals surface area contributed by atoms with Crippen LogP contribution in [-0.4, -0.2) is 28.4 Å². The summed E-state index contributed by atoms with van der Waals surface area (Å²) in [5.74, 6) is 0.218. The van der Waals surface area contributed by atoms with E-state index in [0.717, 1.165) is 18.5 Å². The smallest absolute Gasteiger partial charge is 0.251 e. The van der Waals surface area contributed by atoms with Crippen molar-refractivity contribution in [2.24, 2.45) is 0 Å². The van der Waals surface area contributed by atoms with Gasteiger partial charge in [-0.05, 0) is 43.6 Å². The second-order valence-electron chi connectivity index (χ2n) is 5.60. The third kappa shape index (κ3) is 3.89. The summed E-state index contributed by atoms with van der Waals surface area (Å²) in [6.45, 7) is 4.08. The highest BCUT2D eigenvalue weighted by Gasteiger charge is 2.25. The number of aromatic nitrogens is 1. The Morgan fingerprint density at radius 1 is 1.45 bits per heavy atom. The molecule has 1 aromatic rings. The molecule has 3 nitrogen and oxygen atoms in total. The van der Waals surface area contributed by atoms with E-state index in [-0.39, 0.29) is 17.9 Å². The molecule has 0 aromatic carbocycles. The van der Waals surface area contributed by atoms with Crippen LogP contribution in [0.3, 0.4) is 0 Å². The summed E-state index contributed by atoms with van der Waals surface area (Å²) in [7, 11) is 0. The largest absolute Gasteiger partial charge is 0.349 e. The van der Waals surface area contributed by atoms with Crippen molar-refractivity contribution in [3.05, 3.63) is 28.5 Å². The van der Waals surface area contributed by atoms with E-state index < -0.39 is 0 Å². The third-order valence-corrected chi connectivity index (χ3v) is 5.01. The van der Waals surface area contributed by atoms with E-state index in [1.807, 2.05) is 31.7 Å². The van der Waals surface area contributed by atoms with E-state index in [4.69, 9.17) is 11.6 Å². The fraction of sp³-hybridized carbons (Fsp3) is 0.600. The Labute approximate surface area is 129 Å². The number of pyridine rings is 1. The van der Waals surface area contributed by atoms with Gasteiger partial charge >= 0.3 is 0 Å². The highest BCUT2D eigenvalue weighted by molar-refractivity contribution is 7.99. The van der Waals surface area contributed by atoms with Crippen LogP contribution in [0.4, 0.5) is 0 Å². The van der Waals surface area contributed by atoms with Crippen LogP contribution in [0.5, 0.6) is 0 Å². The van der Waals surface area contributed by atoms with E-state index >= 15 is 0 Å². The van der Waals surface area contributed by atoms with Gasteiger partial charge < -0.3 is 5.32 Å². The maximum atomic E-state index is 12.3. The number of nitrogens with zero attached hydrogens (tertiary/aromatic N) is 1. The SMILES string of the molecule is CSC1CCC(NC(=O)c2cc(Cl)nc(C(C)C)c2)C1. The van der Waals surface area contributed by atoms with Crippen LogP contribution in [0.25, 0.3) is 0 Å². The number of hydrogen-bond acceptors (Lipinski definition) is 3. The Hall–Kier alpha value is -0.740. The van der Waals surface area contributed by atoms with Crippen LogP contribution in [0.15, 0.2) is 12.1 Å². The molecular weight excluding hydrogens is 292 g/mol. The Kier molecular flexibility index (Phi) is 5.33. The zero-order chi connectivity index (χ0) is 14.7. The van der Waals surface area contributed by atoms with E-state index in [1.165, 1.54) is 6.42 Å². The van der Waals surface area contributed by atoms with E-state index in [0.29, 0.717) is 16.0 Å². The van der Waals surface area contributed by atoms with Crippen LogP contribution >= 0.6 is 23.4 Å². The molecule has 1 heterocycles. The second-order valence-corrected chi connectivity index (χ2v) is 7.12. The fourth-order valence-electron chi connectivity index (χ4n) is 2.50. The van der Waals surface area contributed by atoms with Gasteiger partial charge in [0.1, 0.15) is 5.15 Å². The van der Waals surface area contributed by atoms with Gasteiger partial charge in [-0.2, -0.15) is 11.8 Å². The summed E-state index contributed by atoms with van der Waals surface area (Å²) in [6, 6.07) is 3.77. The number of carbonyl (C=O) groups excluding carboxylic acids is 1. The first-order valence-corrected chi connectivity index (χ1v) is 8.67. The van der Waals surface area contributed by atoms with Gasteiger partial charge in [0.15, 0.2) is 0 Å². The van der Waals surface area contributed by atoms with Crippen LogP contribution in [0, 0.1) is 0 Å². The fourth-order valence-corrected chi connectivity index (χ4v) is 3.51. The van der Waals surface area contributed by atoms with Gasteiger partial charge in [-0.1, -0.05) is 25.4 Å². The minimum atomic E-state index is -0.0389. The first kappa shape index (κ1) is 15.6. The van der Waals surface area contributed by atoms with Crippen molar-refractivity contribution < 1.29 is 4.79 Å². The van der Waals surface area contributed by atoms with Gasteiger partial charge in [-0.25, -0.2) is 4.98 Å². The number of nitrogens with one attached hydrogen (secondary N) is 1. The lowest BCUT2D eigenvalue weighted by Gasteiger charge is -2.14. The number of hydrogen-bond donors (Lipinski definition) is 1. The Balaban J connectivity index is 2.06. The Bertz CT molecular complexity index is 493. The summed E-state index contributed by atoms with van der Waals surface area (Å²) in [6.07, 6.45) is 5.43. The molecule has 5 heteroatoms. The number of amides is 1. The standard InChI is InChI=1S/C15H21ClN2OS/c1-9(2)13-6-10(7-14(16)18-13)15(19)17-11-4-5-12(8-11)20-3/h6-7,9,11-12H,4-5,8H2,1-3H3,(H,17,19). The van der Waals surface area contributed by atoms with Gasteiger partial charge in [0, 0.05) is 22.5 Å². The molecule has 1 N–H and O–H groups in total. The van der Waals surface area contributed by atoms with Crippen molar-refractivity contribution in [3.63, 3.8) is 0 Å². The lowest BCUT2D eigenvalue weighted by molar-refractivity contribution is 0.0937. The zero-order valence-corrected chi connectivity index (χ0v) is 13.7. The molecule has 0 radical (unpaired) electrons. The molecule has 20 heavy (non-hydrogen) atoms. The predicted octanol–water partition coefficient (Wildman–Crippen LogP) is 3.87. The monoisotopic (exact) mass is 312 g/mol. The second kappa shape index (κ2) is 6.81. The summed E-state index contributed by atoms with van der Waals surface area (Å²) in [5, 5.41) is 4.17. The highest BCUT2D eigenvalue weighted by atomic mass is 35.5. The molecule has 110 valence electrons. The summed E-state index contributed by atoms with van der Waals surface area (Å²) >= 11 is 7.89. The number of carbonyl (C=O) groups is 1. The van der Waals surface area contributed by atoms with Gasteiger partial charge in [-0.15, -0.1) is 0 Å². The minimum absolute atomic E-state index is 0.0389. The third-order valence-electron chi connectivity index (χ3n) is 3.72. The van der Waals surface area contributed by atoms with E-state index in [1.54, 1.807) is 6.07 Å². The Morgan fingerprint density at radius 3 is 2.80 bits per heavy atom. The molecule has 1 amide bonds. The Morgan fingerprint density at radius 2 is 2.20 bits per heavy atom. The number of thioether (sulfide) groups is 1. The molecule has 2 atom stereocenters. The van der Waals surface area contributed by atoms with Crippen molar-refractivity contribution in [3.8, 4) is 0 Å². The van der Waals surface area contributed by atoms with Crippen molar-refractivity contribution >= 4 is 29.3 Å². The first-order chi connectivity index (χ1) is 9.49. The lowest BCUT2D eigenvalue weighted by atomic mass is 10.1. The normalized spacial score (nSPS) is 22.2. The maximum absolute atomic E-state index is 12.3. The highest BCUT2D eigenvalue weighted by Crippen LogP contribution is 2.28. The van der Waals surface area contributed by atoms with Crippen molar-refractivity contribution in [2.75, 3.05) is 6.26 Å². The molecule has 0 bridgehead atoms. The van der Waals surface area contributed by atoms with Crippen LogP contribution in [-0.2, 0) is 0 Å². The predicted molar refractivity (Wildman–Crippen MR) is 85.7 cm³/mol. The molecular formula is C15H21ClN2OS. The quantitative estimate of drug-likeness (QED) is 0.858. The molecule has 0 aliphatic heterocycles. The van der Waals surface area contributed by atoms with E-state index in [9.17, 15) is 4.79 Å². The minimum Gasteiger partial charge on any atom is -0.349 e. The van der Waals surface area contributed by atoms with Gasteiger partial charge in [0.2, 0.25) is 0 Å². The van der Waals surface area contributed by atoms with E-state index in [2.05, 4.69) is 16.6 Å². The lowest BCUT2D eigenvalue weighted by Crippen LogP contribution is -2.33. The molecule has 1 aliphatic rings. The van der Waals surface area contributed by atoms with Gasteiger partial charge in [0.25, 0.3) is 5.91 Å². The molecule has 1 aliphatic carbocycles. The van der Waals surface area contributed by atoms with Crippen LogP contribution in [0.1, 0.15) is 55.1 Å². The van der Waals surface area contributed by atoms with Crippen molar-refractivity contribution in [2.45, 2.75) is 50.3 Å². The molecule has 0 spiro atoms. The molecule has 1 saturated carbocycles. The summed E-state index contributed by atoms with van der Waals surface area (Å²) in [5.41, 5.74) is 1.47. The van der Waals surface area contributed by atoms with Gasteiger partial charge in [0.05, 0.1) is 0 Å². The van der Waals surface area contributed by atoms with Crippen LogP contribution in [0.2, 0.25) is 5.15 Å². The average Bonchev–Trinajstić information content (AvgIpc) is 2.85. The zero-order valence-electron chi connectivity index (χ0n) is 12.1. The molecule has 1 aromatic heterocycles. The maximum Gasteiger partial charge on any atom is 0.251 e. The topological polar surface area (TPSA) is 42.0 Å². The van der Waals surface area contributed by atoms with Gasteiger partial charge in [-0.3, -0.25) is 4.79 Å². The molecule has 2 rings (SSSR count).